The highest BCUT2D eigenvalue weighted by atomic mass is 16.5. The van der Waals surface area contributed by atoms with Crippen molar-refractivity contribution in [1.29, 1.82) is 0 Å². The maximum Gasteiger partial charge on any atom is 0.326 e. The second kappa shape index (κ2) is 9.70. The molecule has 1 amide bonds. The Morgan fingerprint density at radius 3 is 2.81 bits per heavy atom. The van der Waals surface area contributed by atoms with Gasteiger partial charge in [0.2, 0.25) is 5.91 Å². The van der Waals surface area contributed by atoms with Gasteiger partial charge >= 0.3 is 5.97 Å². The first-order valence-electron chi connectivity index (χ1n) is 7.43. The van der Waals surface area contributed by atoms with E-state index in [9.17, 15) is 9.59 Å². The van der Waals surface area contributed by atoms with Crippen molar-refractivity contribution in [2.45, 2.75) is 38.3 Å². The molecule has 0 bridgehead atoms. The zero-order valence-electron chi connectivity index (χ0n) is 12.8. The van der Waals surface area contributed by atoms with Crippen LogP contribution in [0.4, 0.5) is 0 Å². The summed E-state index contributed by atoms with van der Waals surface area (Å²) in [6.45, 7) is 4.16. The Morgan fingerprint density at radius 2 is 2.19 bits per heavy atom. The molecule has 0 aromatic heterocycles. The zero-order valence-corrected chi connectivity index (χ0v) is 12.8. The summed E-state index contributed by atoms with van der Waals surface area (Å²) in [5.74, 6) is -1.61. The molecule has 1 aliphatic rings. The van der Waals surface area contributed by atoms with Crippen LogP contribution in [0.15, 0.2) is 0 Å². The van der Waals surface area contributed by atoms with E-state index in [-0.39, 0.29) is 17.9 Å². The third-order valence-electron chi connectivity index (χ3n) is 3.53. The number of amides is 1. The van der Waals surface area contributed by atoms with Crippen LogP contribution in [0.3, 0.4) is 0 Å². The van der Waals surface area contributed by atoms with E-state index in [1.165, 1.54) is 0 Å². The number of ether oxygens (including phenoxy) is 2. The highest BCUT2D eigenvalue weighted by Crippen LogP contribution is 2.14. The molecular formula is C14H26N2O5. The Labute approximate surface area is 125 Å². The lowest BCUT2D eigenvalue weighted by atomic mass is 10.0. The first-order valence-corrected chi connectivity index (χ1v) is 7.43. The molecule has 3 N–H and O–H groups in total. The van der Waals surface area contributed by atoms with Crippen molar-refractivity contribution in [3.63, 3.8) is 0 Å². The average Bonchev–Trinajstić information content (AvgIpc) is 2.92. The van der Waals surface area contributed by atoms with Gasteiger partial charge in [-0.2, -0.15) is 0 Å². The first kappa shape index (κ1) is 17.9. The molecule has 3 unspecified atom stereocenters. The summed E-state index contributed by atoms with van der Waals surface area (Å²) < 4.78 is 10.2. The van der Waals surface area contributed by atoms with Crippen LogP contribution in [0.1, 0.15) is 26.2 Å². The van der Waals surface area contributed by atoms with Crippen LogP contribution in [-0.4, -0.2) is 62.5 Å². The lowest BCUT2D eigenvalue weighted by molar-refractivity contribution is -0.142. The molecule has 1 aliphatic heterocycles. The molecule has 0 spiro atoms. The van der Waals surface area contributed by atoms with Crippen molar-refractivity contribution in [2.75, 3.05) is 33.5 Å². The minimum atomic E-state index is -1.02. The van der Waals surface area contributed by atoms with Gasteiger partial charge in [-0.25, -0.2) is 4.79 Å². The normalized spacial score (nSPS) is 23.0. The van der Waals surface area contributed by atoms with E-state index in [1.54, 1.807) is 7.11 Å². The fourth-order valence-electron chi connectivity index (χ4n) is 2.31. The Balaban J connectivity index is 2.49. The molecule has 0 aromatic carbocycles. The third-order valence-corrected chi connectivity index (χ3v) is 3.53. The molecule has 7 nitrogen and oxygen atoms in total. The molecule has 0 radical (unpaired) electrons. The predicted octanol–water partition coefficient (Wildman–Crippen LogP) is -0.00300. The maximum atomic E-state index is 12.2. The summed E-state index contributed by atoms with van der Waals surface area (Å²) in [6, 6.07) is -0.918. The number of nitrogens with one attached hydrogen (secondary N) is 2. The topological polar surface area (TPSA) is 96.9 Å². The molecule has 21 heavy (non-hydrogen) atoms. The highest BCUT2D eigenvalue weighted by Gasteiger charge is 2.35. The Bertz CT molecular complexity index is 337. The minimum Gasteiger partial charge on any atom is -0.480 e. The van der Waals surface area contributed by atoms with Crippen LogP contribution >= 0.6 is 0 Å². The highest BCUT2D eigenvalue weighted by molar-refractivity contribution is 5.85. The van der Waals surface area contributed by atoms with Crippen LogP contribution in [-0.2, 0) is 19.1 Å². The SMILES string of the molecule is CCCNC1COCC1C(=O)NC(CCCOC)C(=O)O. The number of carboxylic acids is 1. The molecule has 1 rings (SSSR count). The number of hydrogen-bond donors (Lipinski definition) is 3. The van der Waals surface area contributed by atoms with E-state index in [1.807, 2.05) is 6.92 Å². The van der Waals surface area contributed by atoms with Crippen molar-refractivity contribution in [1.82, 2.24) is 10.6 Å². The number of aliphatic carboxylic acids is 1. The van der Waals surface area contributed by atoms with Crippen LogP contribution in [0.2, 0.25) is 0 Å². The van der Waals surface area contributed by atoms with Crippen molar-refractivity contribution >= 4 is 11.9 Å². The summed E-state index contributed by atoms with van der Waals surface area (Å²) in [5.41, 5.74) is 0. The molecule has 1 heterocycles. The van der Waals surface area contributed by atoms with Gasteiger partial charge in [-0.3, -0.25) is 4.79 Å². The summed E-state index contributed by atoms with van der Waals surface area (Å²) >= 11 is 0. The maximum absolute atomic E-state index is 12.2. The van der Waals surface area contributed by atoms with E-state index in [0.717, 1.165) is 13.0 Å². The number of rotatable bonds is 10. The second-order valence-electron chi connectivity index (χ2n) is 5.24. The standard InChI is InChI=1S/C14H26N2O5/c1-3-6-15-12-9-21-8-10(12)13(17)16-11(14(18)19)5-4-7-20-2/h10-12,15H,3-9H2,1-2H3,(H,16,17)(H,18,19). The van der Waals surface area contributed by atoms with Crippen LogP contribution in [0.25, 0.3) is 0 Å². The second-order valence-corrected chi connectivity index (χ2v) is 5.24. The van der Waals surface area contributed by atoms with Gasteiger partial charge in [0.15, 0.2) is 0 Å². The van der Waals surface area contributed by atoms with E-state index >= 15 is 0 Å². The van der Waals surface area contributed by atoms with Crippen molar-refractivity contribution in [3.8, 4) is 0 Å². The summed E-state index contributed by atoms with van der Waals surface area (Å²) in [4.78, 5) is 23.4. The Morgan fingerprint density at radius 1 is 1.43 bits per heavy atom. The van der Waals surface area contributed by atoms with E-state index in [2.05, 4.69) is 10.6 Å². The summed E-state index contributed by atoms with van der Waals surface area (Å²) in [5, 5.41) is 15.0. The largest absolute Gasteiger partial charge is 0.480 e. The van der Waals surface area contributed by atoms with Gasteiger partial charge in [0.05, 0.1) is 19.1 Å². The van der Waals surface area contributed by atoms with Gasteiger partial charge in [0.25, 0.3) is 0 Å². The molecule has 3 atom stereocenters. The molecule has 1 fully saturated rings. The molecule has 122 valence electrons. The number of hydrogen-bond acceptors (Lipinski definition) is 5. The zero-order chi connectivity index (χ0) is 15.7. The van der Waals surface area contributed by atoms with Gasteiger partial charge in [0.1, 0.15) is 6.04 Å². The quantitative estimate of drug-likeness (QED) is 0.491. The van der Waals surface area contributed by atoms with E-state index < -0.39 is 12.0 Å². The molecule has 0 aromatic rings. The third kappa shape index (κ3) is 5.99. The Kier molecular flexibility index (Phi) is 8.26. The minimum absolute atomic E-state index is 0.0432. The number of carbonyl (C=O) groups excluding carboxylic acids is 1. The lowest BCUT2D eigenvalue weighted by Gasteiger charge is -2.21. The van der Waals surface area contributed by atoms with Gasteiger partial charge in [-0.1, -0.05) is 6.92 Å². The van der Waals surface area contributed by atoms with Crippen LogP contribution in [0.5, 0.6) is 0 Å². The van der Waals surface area contributed by atoms with Crippen LogP contribution < -0.4 is 10.6 Å². The van der Waals surface area contributed by atoms with E-state index in [4.69, 9.17) is 14.6 Å². The van der Waals surface area contributed by atoms with Gasteiger partial charge in [-0.15, -0.1) is 0 Å². The summed E-state index contributed by atoms with van der Waals surface area (Å²) in [6.07, 6.45) is 1.92. The van der Waals surface area contributed by atoms with Crippen molar-refractivity contribution in [3.05, 3.63) is 0 Å². The van der Waals surface area contributed by atoms with Gasteiger partial charge in [-0.05, 0) is 25.8 Å². The lowest BCUT2D eigenvalue weighted by Crippen LogP contribution is -2.49. The van der Waals surface area contributed by atoms with Gasteiger partial charge in [0, 0.05) is 19.8 Å². The van der Waals surface area contributed by atoms with Crippen molar-refractivity contribution < 1.29 is 24.2 Å². The monoisotopic (exact) mass is 302 g/mol. The Hall–Kier alpha value is -1.18. The van der Waals surface area contributed by atoms with Crippen LogP contribution in [0, 0.1) is 5.92 Å². The number of carboxylic acid groups (broad SMARTS) is 1. The first-order chi connectivity index (χ1) is 10.1. The fourth-order valence-corrected chi connectivity index (χ4v) is 2.31. The molecule has 0 saturated carbocycles. The summed E-state index contributed by atoms with van der Waals surface area (Å²) in [7, 11) is 1.56. The van der Waals surface area contributed by atoms with E-state index in [0.29, 0.717) is 32.7 Å². The fraction of sp³-hybridized carbons (Fsp3) is 0.857. The average molecular weight is 302 g/mol. The molecule has 0 aliphatic carbocycles. The molecule has 7 heteroatoms. The number of carbonyl (C=O) groups is 2. The predicted molar refractivity (Wildman–Crippen MR) is 77.1 cm³/mol. The molecular weight excluding hydrogens is 276 g/mol. The molecule has 1 saturated heterocycles. The number of methoxy groups -OCH3 is 1. The smallest absolute Gasteiger partial charge is 0.326 e. The van der Waals surface area contributed by atoms with Gasteiger partial charge < -0.3 is 25.2 Å². The van der Waals surface area contributed by atoms with Crippen molar-refractivity contribution in [2.24, 2.45) is 5.92 Å².